The van der Waals surface area contributed by atoms with Crippen LogP contribution in [0.4, 0.5) is 11.4 Å². The third-order valence-electron chi connectivity index (χ3n) is 4.04. The van der Waals surface area contributed by atoms with Crippen LogP contribution in [0, 0.1) is 0 Å². The summed E-state index contributed by atoms with van der Waals surface area (Å²) < 4.78 is 6.19. The summed E-state index contributed by atoms with van der Waals surface area (Å²) in [4.78, 5) is 27.0. The topological polar surface area (TPSA) is 70.7 Å². The average Bonchev–Trinajstić information content (AvgIpc) is 2.68. The molecule has 6 nitrogen and oxygen atoms in total. The quantitative estimate of drug-likeness (QED) is 0.571. The number of carbonyl (C=O) groups is 2. The molecule has 0 spiro atoms. The fourth-order valence-corrected chi connectivity index (χ4v) is 2.87. The van der Waals surface area contributed by atoms with Gasteiger partial charge in [0.2, 0.25) is 0 Å². The summed E-state index contributed by atoms with van der Waals surface area (Å²) in [6, 6.07) is 12.4. The molecule has 2 aromatic rings. The molecule has 0 aliphatic carbocycles. The molecule has 0 radical (unpaired) electrons. The Bertz CT molecular complexity index is 807. The van der Waals surface area contributed by atoms with Gasteiger partial charge in [-0.05, 0) is 55.8 Å². The molecular weight excluding hydrogens is 422 g/mol. The number of amides is 2. The predicted octanol–water partition coefficient (Wildman–Crippen LogP) is 3.92. The van der Waals surface area contributed by atoms with Crippen molar-refractivity contribution in [1.82, 2.24) is 5.32 Å². The maximum absolute atomic E-state index is 12.7. The first-order valence-electron chi connectivity index (χ1n) is 9.16. The summed E-state index contributed by atoms with van der Waals surface area (Å²) in [5, 5.41) is 5.76. The van der Waals surface area contributed by atoms with Gasteiger partial charge in [0.25, 0.3) is 11.8 Å². The Morgan fingerprint density at radius 2 is 1.79 bits per heavy atom. The van der Waals surface area contributed by atoms with E-state index < -0.39 is 0 Å². The van der Waals surface area contributed by atoms with Crippen molar-refractivity contribution in [2.75, 3.05) is 44.1 Å². The number of benzene rings is 2. The van der Waals surface area contributed by atoms with Crippen LogP contribution in [0.5, 0.6) is 0 Å². The van der Waals surface area contributed by atoms with E-state index in [1.165, 1.54) is 0 Å². The van der Waals surface area contributed by atoms with Crippen molar-refractivity contribution in [1.29, 1.82) is 0 Å². The zero-order valence-electron chi connectivity index (χ0n) is 16.4. The molecule has 2 aromatic carbocycles. The Balaban J connectivity index is 2.12. The molecule has 7 heteroatoms. The third-order valence-corrected chi connectivity index (χ3v) is 4.57. The maximum atomic E-state index is 12.7. The normalized spacial score (nSPS) is 10.4. The van der Waals surface area contributed by atoms with Crippen molar-refractivity contribution in [3.05, 3.63) is 58.1 Å². The minimum Gasteiger partial charge on any atom is -0.382 e. The van der Waals surface area contributed by atoms with Crippen molar-refractivity contribution in [3.8, 4) is 0 Å². The number of rotatable bonds is 9. The highest BCUT2D eigenvalue weighted by atomic mass is 79.9. The lowest BCUT2D eigenvalue weighted by Gasteiger charge is -2.18. The molecule has 0 aromatic heterocycles. The lowest BCUT2D eigenvalue weighted by Crippen LogP contribution is -2.27. The number of hydrogen-bond acceptors (Lipinski definition) is 4. The highest BCUT2D eigenvalue weighted by Gasteiger charge is 2.15. The van der Waals surface area contributed by atoms with E-state index in [1.807, 2.05) is 44.1 Å². The molecule has 28 heavy (non-hydrogen) atoms. The maximum Gasteiger partial charge on any atom is 0.255 e. The molecule has 0 saturated carbocycles. The predicted molar refractivity (Wildman–Crippen MR) is 116 cm³/mol. The zero-order valence-corrected chi connectivity index (χ0v) is 18.0. The first kappa shape index (κ1) is 21.9. The third kappa shape index (κ3) is 6.35. The van der Waals surface area contributed by atoms with Gasteiger partial charge in [0.05, 0.1) is 5.56 Å². The van der Waals surface area contributed by atoms with Crippen LogP contribution in [0.1, 0.15) is 34.1 Å². The van der Waals surface area contributed by atoms with Crippen LogP contribution in [-0.4, -0.2) is 45.7 Å². The summed E-state index contributed by atoms with van der Waals surface area (Å²) in [5.41, 5.74) is 2.40. The standard InChI is InChI=1S/C21H26BrN3O3/c1-4-28-13-5-12-23-21(27)18-14-17(10-11-19(18)25(2)3)24-20(26)15-6-8-16(22)9-7-15/h6-11,14H,4-5,12-13H2,1-3H3,(H,23,27)(H,24,26). The van der Waals surface area contributed by atoms with Crippen molar-refractivity contribution < 1.29 is 14.3 Å². The van der Waals surface area contributed by atoms with E-state index in [0.29, 0.717) is 36.6 Å². The van der Waals surface area contributed by atoms with E-state index in [0.717, 1.165) is 16.6 Å². The van der Waals surface area contributed by atoms with E-state index in [-0.39, 0.29) is 11.8 Å². The van der Waals surface area contributed by atoms with Crippen molar-refractivity contribution in [3.63, 3.8) is 0 Å². The highest BCUT2D eigenvalue weighted by Crippen LogP contribution is 2.23. The molecule has 0 fully saturated rings. The lowest BCUT2D eigenvalue weighted by molar-refractivity contribution is 0.0943. The molecule has 0 unspecified atom stereocenters. The van der Waals surface area contributed by atoms with Crippen LogP contribution in [-0.2, 0) is 4.74 Å². The summed E-state index contributed by atoms with van der Waals surface area (Å²) in [5.74, 6) is -0.409. The molecule has 0 bridgehead atoms. The molecular formula is C21H26BrN3O3. The highest BCUT2D eigenvalue weighted by molar-refractivity contribution is 9.10. The smallest absolute Gasteiger partial charge is 0.255 e. The Morgan fingerprint density at radius 1 is 1.07 bits per heavy atom. The fraction of sp³-hybridized carbons (Fsp3) is 0.333. The van der Waals surface area contributed by atoms with E-state index in [1.54, 1.807) is 24.3 Å². The van der Waals surface area contributed by atoms with Crippen LogP contribution >= 0.6 is 15.9 Å². The van der Waals surface area contributed by atoms with Gasteiger partial charge in [0, 0.05) is 55.3 Å². The van der Waals surface area contributed by atoms with Gasteiger partial charge in [0.15, 0.2) is 0 Å². The minimum absolute atomic E-state index is 0.181. The zero-order chi connectivity index (χ0) is 20.5. The molecule has 2 amide bonds. The van der Waals surface area contributed by atoms with Crippen LogP contribution < -0.4 is 15.5 Å². The Kier molecular flexibility index (Phi) is 8.47. The number of anilines is 2. The Morgan fingerprint density at radius 3 is 2.43 bits per heavy atom. The van der Waals surface area contributed by atoms with Crippen LogP contribution in [0.15, 0.2) is 46.9 Å². The Hall–Kier alpha value is -2.38. The molecule has 0 aliphatic rings. The van der Waals surface area contributed by atoms with E-state index in [4.69, 9.17) is 4.74 Å². The molecule has 0 saturated heterocycles. The molecule has 0 aliphatic heterocycles. The Labute approximate surface area is 174 Å². The number of halogens is 1. The number of carbonyl (C=O) groups excluding carboxylic acids is 2. The van der Waals surface area contributed by atoms with Crippen molar-refractivity contribution in [2.24, 2.45) is 0 Å². The largest absolute Gasteiger partial charge is 0.382 e. The van der Waals surface area contributed by atoms with Gasteiger partial charge in [-0.3, -0.25) is 9.59 Å². The SMILES string of the molecule is CCOCCCNC(=O)c1cc(NC(=O)c2ccc(Br)cc2)ccc1N(C)C. The number of nitrogens with zero attached hydrogens (tertiary/aromatic N) is 1. The number of hydrogen-bond donors (Lipinski definition) is 2. The second-order valence-electron chi connectivity index (χ2n) is 6.39. The van der Waals surface area contributed by atoms with Gasteiger partial charge in [0.1, 0.15) is 0 Å². The molecule has 2 N–H and O–H groups in total. The van der Waals surface area contributed by atoms with Crippen LogP contribution in [0.3, 0.4) is 0 Å². The van der Waals surface area contributed by atoms with Crippen molar-refractivity contribution >= 4 is 39.1 Å². The van der Waals surface area contributed by atoms with Crippen molar-refractivity contribution in [2.45, 2.75) is 13.3 Å². The molecule has 150 valence electrons. The second-order valence-corrected chi connectivity index (χ2v) is 7.31. The van der Waals surface area contributed by atoms with Gasteiger partial charge < -0.3 is 20.3 Å². The van der Waals surface area contributed by atoms with Crippen LogP contribution in [0.25, 0.3) is 0 Å². The molecule has 2 rings (SSSR count). The second kappa shape index (κ2) is 10.8. The van der Waals surface area contributed by atoms with E-state index in [2.05, 4.69) is 26.6 Å². The number of nitrogens with one attached hydrogen (secondary N) is 2. The molecule has 0 atom stereocenters. The first-order valence-corrected chi connectivity index (χ1v) is 9.96. The summed E-state index contributed by atoms with van der Waals surface area (Å²) in [7, 11) is 3.75. The van der Waals surface area contributed by atoms with E-state index >= 15 is 0 Å². The summed E-state index contributed by atoms with van der Waals surface area (Å²) in [6.07, 6.45) is 0.747. The number of ether oxygens (including phenoxy) is 1. The first-order chi connectivity index (χ1) is 13.4. The summed E-state index contributed by atoms with van der Waals surface area (Å²) >= 11 is 3.35. The van der Waals surface area contributed by atoms with Crippen LogP contribution in [0.2, 0.25) is 0 Å². The van der Waals surface area contributed by atoms with Gasteiger partial charge in [-0.2, -0.15) is 0 Å². The average molecular weight is 448 g/mol. The van der Waals surface area contributed by atoms with Gasteiger partial charge >= 0.3 is 0 Å². The lowest BCUT2D eigenvalue weighted by atomic mass is 10.1. The van der Waals surface area contributed by atoms with Gasteiger partial charge in [-0.1, -0.05) is 15.9 Å². The van der Waals surface area contributed by atoms with Gasteiger partial charge in [-0.25, -0.2) is 0 Å². The summed E-state index contributed by atoms with van der Waals surface area (Å²) in [6.45, 7) is 3.75. The monoisotopic (exact) mass is 447 g/mol. The fourth-order valence-electron chi connectivity index (χ4n) is 2.61. The van der Waals surface area contributed by atoms with Gasteiger partial charge in [-0.15, -0.1) is 0 Å². The minimum atomic E-state index is -0.229. The van der Waals surface area contributed by atoms with E-state index in [9.17, 15) is 9.59 Å². The molecule has 0 heterocycles.